The molecule has 2 heterocycles. The van der Waals surface area contributed by atoms with E-state index in [4.69, 9.17) is 9.15 Å². The number of furan rings is 1. The smallest absolute Gasteiger partial charge is 0.339 e. The molecule has 0 bridgehead atoms. The van der Waals surface area contributed by atoms with Gasteiger partial charge in [-0.25, -0.2) is 4.79 Å². The van der Waals surface area contributed by atoms with E-state index < -0.39 is 5.97 Å². The number of ether oxygens (including phenoxy) is 1. The first kappa shape index (κ1) is 14.1. The van der Waals surface area contributed by atoms with E-state index in [1.54, 1.807) is 37.5 Å². The summed E-state index contributed by atoms with van der Waals surface area (Å²) in [5, 5.41) is 9.78. The Labute approximate surface area is 126 Å². The molecular weight excluding hydrogens is 284 g/mol. The molecule has 0 aliphatic carbocycles. The molecule has 3 rings (SSSR count). The fourth-order valence-corrected chi connectivity index (χ4v) is 2.21. The number of nitrogens with zero attached hydrogens (tertiary/aromatic N) is 2. The lowest BCUT2D eigenvalue weighted by Gasteiger charge is -2.05. The van der Waals surface area contributed by atoms with E-state index in [0.29, 0.717) is 28.2 Å². The molecule has 3 aromatic rings. The van der Waals surface area contributed by atoms with Crippen molar-refractivity contribution in [1.29, 1.82) is 0 Å². The van der Waals surface area contributed by atoms with Crippen molar-refractivity contribution in [2.24, 2.45) is 0 Å². The molecule has 0 saturated heterocycles. The minimum atomic E-state index is -1.02. The average Bonchev–Trinajstić information content (AvgIpc) is 2.82. The lowest BCUT2D eigenvalue weighted by Crippen LogP contribution is -2.00. The molecule has 0 radical (unpaired) electrons. The minimum absolute atomic E-state index is 0.163. The molecule has 1 aromatic carbocycles. The topological polar surface area (TPSA) is 85.5 Å². The predicted octanol–water partition coefficient (Wildman–Crippen LogP) is 3.12. The largest absolute Gasteiger partial charge is 0.487 e. The maximum absolute atomic E-state index is 11.3. The van der Waals surface area contributed by atoms with Crippen molar-refractivity contribution in [2.45, 2.75) is 20.5 Å². The molecule has 0 unspecified atom stereocenters. The molecule has 2 aromatic heterocycles. The van der Waals surface area contributed by atoms with Crippen LogP contribution in [0.5, 0.6) is 5.75 Å². The molecule has 6 nitrogen and oxygen atoms in total. The van der Waals surface area contributed by atoms with Crippen LogP contribution in [0.25, 0.3) is 11.0 Å². The van der Waals surface area contributed by atoms with Gasteiger partial charge in [0.2, 0.25) is 0 Å². The second-order valence-corrected chi connectivity index (χ2v) is 4.93. The molecule has 0 amide bonds. The molecule has 0 saturated carbocycles. The zero-order valence-corrected chi connectivity index (χ0v) is 12.2. The van der Waals surface area contributed by atoms with Crippen LogP contribution in [0.2, 0.25) is 0 Å². The first-order valence-electron chi connectivity index (χ1n) is 6.71. The van der Waals surface area contributed by atoms with Gasteiger partial charge >= 0.3 is 5.97 Å². The third-order valence-corrected chi connectivity index (χ3v) is 3.27. The number of carboxylic acids is 1. The molecule has 0 spiro atoms. The Morgan fingerprint density at radius 1 is 1.27 bits per heavy atom. The Kier molecular flexibility index (Phi) is 3.50. The Bertz CT molecular complexity index is 837. The van der Waals surface area contributed by atoms with Crippen molar-refractivity contribution in [1.82, 2.24) is 9.97 Å². The van der Waals surface area contributed by atoms with E-state index in [1.807, 2.05) is 6.92 Å². The molecule has 1 N–H and O–H groups in total. The van der Waals surface area contributed by atoms with Gasteiger partial charge in [-0.3, -0.25) is 9.97 Å². The van der Waals surface area contributed by atoms with E-state index in [9.17, 15) is 9.90 Å². The number of aromatic nitrogens is 2. The van der Waals surface area contributed by atoms with Crippen LogP contribution in [0.15, 0.2) is 35.0 Å². The molecule has 6 heteroatoms. The normalized spacial score (nSPS) is 10.8. The molecule has 0 atom stereocenters. The van der Waals surface area contributed by atoms with Gasteiger partial charge in [0.25, 0.3) is 0 Å². The summed E-state index contributed by atoms with van der Waals surface area (Å²) in [5.41, 5.74) is 2.23. The maximum atomic E-state index is 11.3. The highest BCUT2D eigenvalue weighted by atomic mass is 16.5. The van der Waals surface area contributed by atoms with Crippen molar-refractivity contribution in [3.05, 3.63) is 53.3 Å². The molecule has 0 fully saturated rings. The summed E-state index contributed by atoms with van der Waals surface area (Å²) in [6.45, 7) is 3.75. The summed E-state index contributed by atoms with van der Waals surface area (Å²) in [5.74, 6) is -0.0833. The monoisotopic (exact) mass is 298 g/mol. The SMILES string of the molecule is Cc1cnc(COc2ccc3oc(C)c(C(=O)O)c3c2)cn1. The maximum Gasteiger partial charge on any atom is 0.339 e. The fraction of sp³-hybridized carbons (Fsp3) is 0.188. The zero-order valence-electron chi connectivity index (χ0n) is 12.2. The van der Waals surface area contributed by atoms with Crippen molar-refractivity contribution < 1.29 is 19.1 Å². The van der Waals surface area contributed by atoms with Crippen LogP contribution in [-0.2, 0) is 6.61 Å². The molecule has 112 valence electrons. The molecular formula is C16H14N2O4. The van der Waals surface area contributed by atoms with Gasteiger partial charge in [-0.1, -0.05) is 0 Å². The quantitative estimate of drug-likeness (QED) is 0.796. The number of carboxylic acid groups (broad SMARTS) is 1. The van der Waals surface area contributed by atoms with Crippen LogP contribution in [0, 0.1) is 13.8 Å². The summed E-state index contributed by atoms with van der Waals surface area (Å²) in [7, 11) is 0. The van der Waals surface area contributed by atoms with Gasteiger partial charge in [-0.2, -0.15) is 0 Å². The Hall–Kier alpha value is -2.89. The first-order chi connectivity index (χ1) is 10.5. The predicted molar refractivity (Wildman–Crippen MR) is 79.0 cm³/mol. The van der Waals surface area contributed by atoms with Gasteiger partial charge in [0.15, 0.2) is 0 Å². The lowest BCUT2D eigenvalue weighted by atomic mass is 10.1. The van der Waals surface area contributed by atoms with Crippen molar-refractivity contribution in [3.8, 4) is 5.75 Å². The third kappa shape index (κ3) is 2.63. The standard InChI is InChI=1S/C16H14N2O4/c1-9-6-18-11(7-17-9)8-21-12-3-4-14-13(5-12)15(16(19)20)10(2)22-14/h3-7H,8H2,1-2H3,(H,19,20). The Morgan fingerprint density at radius 3 is 2.77 bits per heavy atom. The molecule has 22 heavy (non-hydrogen) atoms. The number of carbonyl (C=O) groups is 1. The van der Waals surface area contributed by atoms with Crippen molar-refractivity contribution in [2.75, 3.05) is 0 Å². The van der Waals surface area contributed by atoms with Crippen LogP contribution in [-0.4, -0.2) is 21.0 Å². The lowest BCUT2D eigenvalue weighted by molar-refractivity contribution is 0.0697. The Morgan fingerprint density at radius 2 is 2.09 bits per heavy atom. The summed E-state index contributed by atoms with van der Waals surface area (Å²) >= 11 is 0. The van der Waals surface area contributed by atoms with Crippen LogP contribution in [0.1, 0.15) is 27.5 Å². The van der Waals surface area contributed by atoms with Crippen LogP contribution >= 0.6 is 0 Å². The zero-order chi connectivity index (χ0) is 15.7. The van der Waals surface area contributed by atoms with E-state index in [2.05, 4.69) is 9.97 Å². The van der Waals surface area contributed by atoms with Crippen LogP contribution < -0.4 is 4.74 Å². The number of hydrogen-bond acceptors (Lipinski definition) is 5. The summed E-state index contributed by atoms with van der Waals surface area (Å²) in [6.07, 6.45) is 3.32. The third-order valence-electron chi connectivity index (χ3n) is 3.27. The van der Waals surface area contributed by atoms with Gasteiger partial charge < -0.3 is 14.3 Å². The van der Waals surface area contributed by atoms with E-state index in [-0.39, 0.29) is 12.2 Å². The first-order valence-corrected chi connectivity index (χ1v) is 6.71. The van der Waals surface area contributed by atoms with Crippen LogP contribution in [0.3, 0.4) is 0 Å². The number of fused-ring (bicyclic) bond motifs is 1. The second-order valence-electron chi connectivity index (χ2n) is 4.93. The van der Waals surface area contributed by atoms with Gasteiger partial charge in [-0.05, 0) is 32.0 Å². The van der Waals surface area contributed by atoms with Gasteiger partial charge in [-0.15, -0.1) is 0 Å². The summed E-state index contributed by atoms with van der Waals surface area (Å²) < 4.78 is 11.1. The highest BCUT2D eigenvalue weighted by Crippen LogP contribution is 2.29. The van der Waals surface area contributed by atoms with E-state index >= 15 is 0 Å². The highest BCUT2D eigenvalue weighted by molar-refractivity contribution is 6.03. The van der Waals surface area contributed by atoms with Crippen LogP contribution in [0.4, 0.5) is 0 Å². The van der Waals surface area contributed by atoms with Gasteiger partial charge in [0.05, 0.1) is 17.6 Å². The number of aromatic carboxylic acids is 1. The number of aryl methyl sites for hydroxylation is 2. The summed E-state index contributed by atoms with van der Waals surface area (Å²) in [6, 6.07) is 5.10. The molecule has 0 aliphatic heterocycles. The van der Waals surface area contributed by atoms with Crippen molar-refractivity contribution in [3.63, 3.8) is 0 Å². The minimum Gasteiger partial charge on any atom is -0.487 e. The van der Waals surface area contributed by atoms with Gasteiger partial charge in [0.1, 0.15) is 29.3 Å². The van der Waals surface area contributed by atoms with E-state index in [1.165, 1.54) is 0 Å². The second kappa shape index (κ2) is 5.48. The highest BCUT2D eigenvalue weighted by Gasteiger charge is 2.17. The average molecular weight is 298 g/mol. The Balaban J connectivity index is 1.86. The molecule has 0 aliphatic rings. The van der Waals surface area contributed by atoms with Crippen molar-refractivity contribution >= 4 is 16.9 Å². The number of rotatable bonds is 4. The number of benzene rings is 1. The summed E-state index contributed by atoms with van der Waals surface area (Å²) in [4.78, 5) is 19.7. The fourth-order valence-electron chi connectivity index (χ4n) is 2.21. The number of hydrogen-bond donors (Lipinski definition) is 1. The van der Waals surface area contributed by atoms with Gasteiger partial charge in [0, 0.05) is 11.6 Å². The van der Waals surface area contributed by atoms with E-state index in [0.717, 1.165) is 5.69 Å².